The van der Waals surface area contributed by atoms with Crippen LogP contribution in [0.4, 0.5) is 23.1 Å². The molecule has 198 valence electrons. The number of likely N-dealkylation sites (N-methyl/N-ethyl adjacent to an activating group) is 2. The van der Waals surface area contributed by atoms with Gasteiger partial charge < -0.3 is 20.4 Å². The molecule has 9 heteroatoms. The molecule has 2 heterocycles. The predicted octanol–water partition coefficient (Wildman–Crippen LogP) is 5.02. The average molecular weight is 513 g/mol. The van der Waals surface area contributed by atoms with Crippen LogP contribution in [-0.2, 0) is 5.41 Å². The molecule has 4 aromatic rings. The number of carbonyl (C=O) groups is 1. The Balaban J connectivity index is 1.59. The van der Waals surface area contributed by atoms with Crippen molar-refractivity contribution in [3.63, 3.8) is 0 Å². The Bertz CT molecular complexity index is 1440. The molecule has 0 saturated carbocycles. The van der Waals surface area contributed by atoms with Crippen LogP contribution < -0.4 is 15.5 Å². The number of benzene rings is 2. The predicted molar refractivity (Wildman–Crippen MR) is 155 cm³/mol. The molecule has 38 heavy (non-hydrogen) atoms. The number of carbonyl (C=O) groups excluding carboxylic acids is 1. The molecule has 9 nitrogen and oxygen atoms in total. The lowest BCUT2D eigenvalue weighted by Crippen LogP contribution is -2.29. The monoisotopic (exact) mass is 512 g/mol. The second-order valence-corrected chi connectivity index (χ2v) is 10.8. The largest absolute Gasteiger partial charge is 0.343 e. The minimum Gasteiger partial charge on any atom is -0.343 e. The molecule has 2 aromatic heterocycles. The lowest BCUT2D eigenvalue weighted by molar-refractivity contribution is 0.102. The van der Waals surface area contributed by atoms with Gasteiger partial charge in [0.05, 0.1) is 6.20 Å². The van der Waals surface area contributed by atoms with Crippen molar-refractivity contribution in [2.45, 2.75) is 33.1 Å². The Morgan fingerprint density at radius 2 is 1.76 bits per heavy atom. The maximum absolute atomic E-state index is 13.1. The fourth-order valence-corrected chi connectivity index (χ4v) is 3.86. The molecule has 4 rings (SSSR count). The van der Waals surface area contributed by atoms with Crippen molar-refractivity contribution in [1.82, 2.24) is 24.8 Å². The van der Waals surface area contributed by atoms with Crippen molar-refractivity contribution in [3.05, 3.63) is 71.7 Å². The van der Waals surface area contributed by atoms with E-state index >= 15 is 0 Å². The van der Waals surface area contributed by atoms with Crippen molar-refractivity contribution in [3.8, 4) is 0 Å². The summed E-state index contributed by atoms with van der Waals surface area (Å²) in [4.78, 5) is 35.3. The summed E-state index contributed by atoms with van der Waals surface area (Å²) < 4.78 is 0. The molecule has 2 aromatic carbocycles. The molecule has 0 aliphatic heterocycles. The summed E-state index contributed by atoms with van der Waals surface area (Å²) in [6.45, 7) is 10.1. The van der Waals surface area contributed by atoms with Gasteiger partial charge in [-0.2, -0.15) is 0 Å². The van der Waals surface area contributed by atoms with Gasteiger partial charge >= 0.3 is 0 Å². The molecule has 0 fully saturated rings. The van der Waals surface area contributed by atoms with E-state index in [1.807, 2.05) is 69.4 Å². The van der Waals surface area contributed by atoms with E-state index in [1.165, 1.54) is 6.33 Å². The molecule has 0 aliphatic carbocycles. The quantitative estimate of drug-likeness (QED) is 0.340. The third-order valence-corrected chi connectivity index (χ3v) is 6.33. The second-order valence-electron chi connectivity index (χ2n) is 10.8. The highest BCUT2D eigenvalue weighted by molar-refractivity contribution is 6.05. The van der Waals surface area contributed by atoms with E-state index in [2.05, 4.69) is 57.3 Å². The highest BCUT2D eigenvalue weighted by atomic mass is 16.1. The zero-order valence-electron chi connectivity index (χ0n) is 23.2. The van der Waals surface area contributed by atoms with Crippen LogP contribution in [0.15, 0.2) is 55.0 Å². The highest BCUT2D eigenvalue weighted by Crippen LogP contribution is 2.27. The molecule has 0 bridgehead atoms. The van der Waals surface area contributed by atoms with Gasteiger partial charge in [-0.25, -0.2) is 19.9 Å². The second kappa shape index (κ2) is 11.1. The van der Waals surface area contributed by atoms with Crippen molar-refractivity contribution in [2.24, 2.45) is 0 Å². The summed E-state index contributed by atoms with van der Waals surface area (Å²) in [5, 5.41) is 6.40. The van der Waals surface area contributed by atoms with Gasteiger partial charge in [0.2, 0.25) is 5.95 Å². The minimum absolute atomic E-state index is 0.00736. The first-order valence-corrected chi connectivity index (χ1v) is 12.6. The summed E-state index contributed by atoms with van der Waals surface area (Å²) in [7, 11) is 6.03. The van der Waals surface area contributed by atoms with Crippen molar-refractivity contribution < 1.29 is 4.79 Å². The number of anilines is 4. The van der Waals surface area contributed by atoms with Gasteiger partial charge in [-0.05, 0) is 61.8 Å². The zero-order chi connectivity index (χ0) is 27.4. The zero-order valence-corrected chi connectivity index (χ0v) is 23.2. The van der Waals surface area contributed by atoms with Crippen molar-refractivity contribution in [2.75, 3.05) is 49.8 Å². The van der Waals surface area contributed by atoms with Crippen LogP contribution in [0, 0.1) is 6.92 Å². The van der Waals surface area contributed by atoms with Crippen LogP contribution >= 0.6 is 0 Å². The topological polar surface area (TPSA) is 99.2 Å². The highest BCUT2D eigenvalue weighted by Gasteiger charge is 2.16. The van der Waals surface area contributed by atoms with E-state index in [4.69, 9.17) is 4.98 Å². The summed E-state index contributed by atoms with van der Waals surface area (Å²) in [5.41, 5.74) is 5.44. The Morgan fingerprint density at radius 3 is 2.50 bits per heavy atom. The van der Waals surface area contributed by atoms with Crippen molar-refractivity contribution >= 4 is 40.1 Å². The fraction of sp³-hybridized carbons (Fsp3) is 0.345. The SMILES string of the molecule is Cc1ccc(C(=O)Nc2cccc(C(C)(C)C)c2)cc1Nc1ncnc2cnc(N(C)CCN(C)C)nc12. The number of aryl methyl sites for hydroxylation is 1. The summed E-state index contributed by atoms with van der Waals surface area (Å²) in [6.07, 6.45) is 3.19. The Hall–Kier alpha value is -4.11. The maximum atomic E-state index is 13.1. The van der Waals surface area contributed by atoms with Crippen molar-refractivity contribution in [1.29, 1.82) is 0 Å². The van der Waals surface area contributed by atoms with E-state index in [0.29, 0.717) is 28.4 Å². The number of nitrogens with one attached hydrogen (secondary N) is 2. The standard InChI is InChI=1S/C29H36N8O/c1-19-11-12-20(27(38)33-22-10-8-9-21(16-22)29(2,3)4)15-23(19)34-26-25-24(31-18-32-26)17-30-28(35-25)37(7)14-13-36(5)6/h8-12,15-18H,13-14H2,1-7H3,(H,33,38)(H,31,32,34). The molecule has 0 spiro atoms. The smallest absolute Gasteiger partial charge is 0.255 e. The van der Waals surface area contributed by atoms with Gasteiger partial charge in [0.1, 0.15) is 17.4 Å². The first-order valence-electron chi connectivity index (χ1n) is 12.6. The Kier molecular flexibility index (Phi) is 7.87. The molecule has 0 unspecified atom stereocenters. The third kappa shape index (κ3) is 6.41. The minimum atomic E-state index is -0.182. The van der Waals surface area contributed by atoms with Crippen LogP contribution in [0.2, 0.25) is 0 Å². The molecule has 0 aliphatic rings. The molecule has 2 N–H and O–H groups in total. The van der Waals surface area contributed by atoms with Gasteiger partial charge in [0, 0.05) is 37.1 Å². The van der Waals surface area contributed by atoms with E-state index in [0.717, 1.165) is 35.6 Å². The van der Waals surface area contributed by atoms with Crippen LogP contribution in [-0.4, -0.2) is 65.0 Å². The van der Waals surface area contributed by atoms with Gasteiger partial charge in [-0.3, -0.25) is 4.79 Å². The van der Waals surface area contributed by atoms with Gasteiger partial charge in [-0.15, -0.1) is 0 Å². The summed E-state index contributed by atoms with van der Waals surface area (Å²) in [5.74, 6) is 0.969. The molecular weight excluding hydrogens is 476 g/mol. The number of amides is 1. The summed E-state index contributed by atoms with van der Waals surface area (Å²) in [6, 6.07) is 13.5. The molecule has 0 saturated heterocycles. The normalized spacial score (nSPS) is 11.6. The maximum Gasteiger partial charge on any atom is 0.255 e. The van der Waals surface area contributed by atoms with Crippen LogP contribution in [0.25, 0.3) is 11.0 Å². The van der Waals surface area contributed by atoms with Gasteiger partial charge in [0.15, 0.2) is 5.82 Å². The molecule has 0 atom stereocenters. The molecular formula is C29H36N8O. The van der Waals surface area contributed by atoms with E-state index in [-0.39, 0.29) is 11.3 Å². The van der Waals surface area contributed by atoms with Gasteiger partial charge in [0.25, 0.3) is 5.91 Å². The van der Waals surface area contributed by atoms with Crippen LogP contribution in [0.5, 0.6) is 0 Å². The summed E-state index contributed by atoms with van der Waals surface area (Å²) >= 11 is 0. The third-order valence-electron chi connectivity index (χ3n) is 6.33. The number of hydrogen-bond donors (Lipinski definition) is 2. The van der Waals surface area contributed by atoms with Crippen LogP contribution in [0.3, 0.4) is 0 Å². The fourth-order valence-electron chi connectivity index (χ4n) is 3.86. The average Bonchev–Trinajstić information content (AvgIpc) is 2.88. The van der Waals surface area contributed by atoms with Crippen LogP contribution in [0.1, 0.15) is 42.3 Å². The number of rotatable bonds is 8. The Morgan fingerprint density at radius 1 is 0.974 bits per heavy atom. The first-order chi connectivity index (χ1) is 18.0. The molecule has 1 amide bonds. The number of fused-ring (bicyclic) bond motifs is 1. The van der Waals surface area contributed by atoms with E-state index in [9.17, 15) is 4.79 Å². The van der Waals surface area contributed by atoms with Gasteiger partial charge in [-0.1, -0.05) is 39.0 Å². The lowest BCUT2D eigenvalue weighted by Gasteiger charge is -2.20. The number of nitrogens with zero attached hydrogens (tertiary/aromatic N) is 6. The Labute approximate surface area is 224 Å². The van der Waals surface area contributed by atoms with E-state index in [1.54, 1.807) is 6.20 Å². The number of hydrogen-bond acceptors (Lipinski definition) is 8. The first kappa shape index (κ1) is 26.9. The van der Waals surface area contributed by atoms with E-state index < -0.39 is 0 Å². The number of aromatic nitrogens is 4. The molecule has 0 radical (unpaired) electrons. The lowest BCUT2D eigenvalue weighted by atomic mass is 9.87.